The number of para-hydroxylation sites is 1. The zero-order chi connectivity index (χ0) is 17.2. The minimum Gasteiger partial charge on any atom is -0.361 e. The predicted octanol–water partition coefficient (Wildman–Crippen LogP) is 1.37. The Labute approximate surface area is 145 Å². The van der Waals surface area contributed by atoms with Crippen molar-refractivity contribution in [2.75, 3.05) is 13.1 Å². The Balaban J connectivity index is 1.36. The van der Waals surface area contributed by atoms with E-state index in [2.05, 4.69) is 26.7 Å². The van der Waals surface area contributed by atoms with Gasteiger partial charge in [-0.05, 0) is 23.4 Å². The number of rotatable bonds is 4. The number of aromatic amines is 1. The first-order valence-corrected chi connectivity index (χ1v) is 8.43. The summed E-state index contributed by atoms with van der Waals surface area (Å²) >= 11 is 0. The predicted molar refractivity (Wildman–Crippen MR) is 93.7 cm³/mol. The summed E-state index contributed by atoms with van der Waals surface area (Å²) in [5.74, 6) is 0. The van der Waals surface area contributed by atoms with Crippen LogP contribution < -0.4 is 11.1 Å². The molecule has 1 fully saturated rings. The maximum Gasteiger partial charge on any atom is 0.317 e. The van der Waals surface area contributed by atoms with Crippen molar-refractivity contribution < 1.29 is 4.79 Å². The first-order chi connectivity index (χ1) is 12.2. The first-order valence-electron chi connectivity index (χ1n) is 8.43. The average Bonchev–Trinajstić information content (AvgIpc) is 3.38. The van der Waals surface area contributed by atoms with E-state index >= 15 is 0 Å². The Morgan fingerprint density at radius 2 is 2.32 bits per heavy atom. The standard InChI is InChI=1S/C17H21N7O/c18-8-14-10-24(22-21-14)15-5-7-23(11-15)17(25)20-9-13-3-1-2-12-4-6-19-16(12)13/h1-4,6,10,15,19H,5,7-9,11,18H2,(H,20,25). The van der Waals surface area contributed by atoms with Crippen molar-refractivity contribution in [1.29, 1.82) is 0 Å². The molecule has 1 aromatic carbocycles. The van der Waals surface area contributed by atoms with E-state index in [1.807, 2.05) is 40.2 Å². The number of nitrogens with one attached hydrogen (secondary N) is 2. The van der Waals surface area contributed by atoms with E-state index in [4.69, 9.17) is 5.73 Å². The molecule has 0 radical (unpaired) electrons. The van der Waals surface area contributed by atoms with Gasteiger partial charge >= 0.3 is 6.03 Å². The number of carbonyl (C=O) groups is 1. The molecule has 4 N–H and O–H groups in total. The number of fused-ring (bicyclic) bond motifs is 1. The normalized spacial score (nSPS) is 17.3. The van der Waals surface area contributed by atoms with E-state index in [9.17, 15) is 4.79 Å². The molecule has 1 aliphatic heterocycles. The van der Waals surface area contributed by atoms with Gasteiger partial charge < -0.3 is 20.9 Å². The quantitative estimate of drug-likeness (QED) is 0.668. The van der Waals surface area contributed by atoms with Crippen LogP contribution in [-0.4, -0.2) is 44.0 Å². The summed E-state index contributed by atoms with van der Waals surface area (Å²) in [6.07, 6.45) is 4.64. The summed E-state index contributed by atoms with van der Waals surface area (Å²) in [7, 11) is 0. The summed E-state index contributed by atoms with van der Waals surface area (Å²) < 4.78 is 1.81. The van der Waals surface area contributed by atoms with Crippen molar-refractivity contribution in [3.8, 4) is 0 Å². The van der Waals surface area contributed by atoms with Gasteiger partial charge in [0.15, 0.2) is 0 Å². The molecule has 1 saturated heterocycles. The second-order valence-electron chi connectivity index (χ2n) is 6.30. The van der Waals surface area contributed by atoms with Crippen molar-refractivity contribution in [3.63, 3.8) is 0 Å². The van der Waals surface area contributed by atoms with Crippen molar-refractivity contribution in [2.24, 2.45) is 5.73 Å². The lowest BCUT2D eigenvalue weighted by molar-refractivity contribution is 0.206. The van der Waals surface area contributed by atoms with Gasteiger partial charge in [0.2, 0.25) is 0 Å². The lowest BCUT2D eigenvalue weighted by atomic mass is 10.1. The number of nitrogens with zero attached hydrogens (tertiary/aromatic N) is 4. The highest BCUT2D eigenvalue weighted by Gasteiger charge is 2.28. The number of amides is 2. The highest BCUT2D eigenvalue weighted by Crippen LogP contribution is 2.21. The molecule has 1 unspecified atom stereocenters. The maximum absolute atomic E-state index is 12.5. The summed E-state index contributed by atoms with van der Waals surface area (Å²) in [6, 6.07) is 8.21. The zero-order valence-electron chi connectivity index (χ0n) is 13.9. The van der Waals surface area contributed by atoms with Crippen LogP contribution in [0.2, 0.25) is 0 Å². The third kappa shape index (κ3) is 3.08. The Morgan fingerprint density at radius 1 is 1.40 bits per heavy atom. The van der Waals surface area contributed by atoms with Crippen LogP contribution in [0.25, 0.3) is 10.9 Å². The summed E-state index contributed by atoms with van der Waals surface area (Å²) in [5, 5.41) is 12.3. The van der Waals surface area contributed by atoms with Crippen LogP contribution in [0, 0.1) is 0 Å². The van der Waals surface area contributed by atoms with E-state index in [1.54, 1.807) is 0 Å². The molecule has 8 heteroatoms. The molecule has 8 nitrogen and oxygen atoms in total. The van der Waals surface area contributed by atoms with Crippen LogP contribution in [0.1, 0.15) is 23.7 Å². The molecule has 0 spiro atoms. The number of benzene rings is 1. The molecule has 2 aromatic heterocycles. The number of carbonyl (C=O) groups excluding carboxylic acids is 1. The fourth-order valence-electron chi connectivity index (χ4n) is 3.31. The van der Waals surface area contributed by atoms with E-state index in [-0.39, 0.29) is 12.1 Å². The molecule has 1 aliphatic rings. The molecule has 0 aliphatic carbocycles. The summed E-state index contributed by atoms with van der Waals surface area (Å²) in [4.78, 5) is 17.5. The smallest absolute Gasteiger partial charge is 0.317 e. The van der Waals surface area contributed by atoms with Crippen LogP contribution >= 0.6 is 0 Å². The van der Waals surface area contributed by atoms with Gasteiger partial charge in [-0.25, -0.2) is 9.48 Å². The molecule has 3 heterocycles. The van der Waals surface area contributed by atoms with Crippen LogP contribution in [0.15, 0.2) is 36.7 Å². The molecule has 25 heavy (non-hydrogen) atoms. The van der Waals surface area contributed by atoms with Gasteiger partial charge in [0.05, 0.1) is 23.4 Å². The van der Waals surface area contributed by atoms with Crippen molar-refractivity contribution in [3.05, 3.63) is 47.9 Å². The van der Waals surface area contributed by atoms with Gasteiger partial charge in [-0.1, -0.05) is 23.4 Å². The number of hydrogen-bond donors (Lipinski definition) is 3. The van der Waals surface area contributed by atoms with Gasteiger partial charge in [0.1, 0.15) is 0 Å². The van der Waals surface area contributed by atoms with E-state index in [0.717, 1.165) is 28.6 Å². The fraction of sp³-hybridized carbons (Fsp3) is 0.353. The van der Waals surface area contributed by atoms with E-state index in [1.165, 1.54) is 0 Å². The van der Waals surface area contributed by atoms with Crippen LogP contribution in [0.3, 0.4) is 0 Å². The van der Waals surface area contributed by atoms with Gasteiger partial charge in [0, 0.05) is 32.4 Å². The second kappa shape index (κ2) is 6.56. The summed E-state index contributed by atoms with van der Waals surface area (Å²) in [5.41, 5.74) is 8.48. The van der Waals surface area contributed by atoms with Crippen LogP contribution in [0.4, 0.5) is 4.79 Å². The lowest BCUT2D eigenvalue weighted by Gasteiger charge is -2.17. The molecule has 1 atom stereocenters. The molecule has 3 aromatic rings. The van der Waals surface area contributed by atoms with Crippen molar-refractivity contribution >= 4 is 16.9 Å². The molecule has 130 valence electrons. The van der Waals surface area contributed by atoms with Crippen LogP contribution in [0.5, 0.6) is 0 Å². The fourth-order valence-corrected chi connectivity index (χ4v) is 3.31. The maximum atomic E-state index is 12.5. The van der Waals surface area contributed by atoms with Crippen molar-refractivity contribution in [1.82, 2.24) is 30.2 Å². The number of H-pyrrole nitrogens is 1. The van der Waals surface area contributed by atoms with E-state index in [0.29, 0.717) is 26.2 Å². The topological polar surface area (TPSA) is 105 Å². The van der Waals surface area contributed by atoms with Gasteiger partial charge in [-0.3, -0.25) is 0 Å². The average molecular weight is 339 g/mol. The third-order valence-corrected chi connectivity index (χ3v) is 4.70. The number of likely N-dealkylation sites (tertiary alicyclic amines) is 1. The Kier molecular flexibility index (Phi) is 4.10. The lowest BCUT2D eigenvalue weighted by Crippen LogP contribution is -2.38. The molecule has 0 saturated carbocycles. The first kappa shape index (κ1) is 15.6. The zero-order valence-corrected chi connectivity index (χ0v) is 13.9. The monoisotopic (exact) mass is 339 g/mol. The number of hydrogen-bond acceptors (Lipinski definition) is 4. The molecule has 0 bridgehead atoms. The Morgan fingerprint density at radius 3 is 3.16 bits per heavy atom. The molecule has 4 rings (SSSR count). The van der Waals surface area contributed by atoms with Crippen LogP contribution in [-0.2, 0) is 13.1 Å². The number of nitrogens with two attached hydrogens (primary N) is 1. The van der Waals surface area contributed by atoms with Gasteiger partial charge in [-0.2, -0.15) is 0 Å². The summed E-state index contributed by atoms with van der Waals surface area (Å²) in [6.45, 7) is 2.21. The minimum atomic E-state index is -0.0507. The number of aromatic nitrogens is 4. The Hall–Kier alpha value is -2.87. The van der Waals surface area contributed by atoms with E-state index < -0.39 is 0 Å². The minimum absolute atomic E-state index is 0.0507. The SMILES string of the molecule is NCc1cn(C2CCN(C(=O)NCc3cccc4cc[nH]c34)C2)nn1. The van der Waals surface area contributed by atoms with Crippen molar-refractivity contribution in [2.45, 2.75) is 25.6 Å². The molecular weight excluding hydrogens is 318 g/mol. The highest BCUT2D eigenvalue weighted by atomic mass is 16.2. The van der Waals surface area contributed by atoms with Gasteiger partial charge in [-0.15, -0.1) is 5.10 Å². The largest absolute Gasteiger partial charge is 0.361 e. The third-order valence-electron chi connectivity index (χ3n) is 4.70. The Bertz CT molecular complexity index is 884. The number of urea groups is 1. The molecule has 2 amide bonds. The van der Waals surface area contributed by atoms with Gasteiger partial charge in [0.25, 0.3) is 0 Å². The molecular formula is C17H21N7O. The second-order valence-corrected chi connectivity index (χ2v) is 6.30. The highest BCUT2D eigenvalue weighted by molar-refractivity contribution is 5.83.